The standard InChI is InChI=1S/C11H16N4O/c1-8(2)14-10(16)9-6-15(7-9)11-12-4-3-5-13-11/h3-5,8-9H,6-7H2,1-2H3,(H,14,16). The van der Waals surface area contributed by atoms with Crippen LogP contribution in [0.1, 0.15) is 13.8 Å². The van der Waals surface area contributed by atoms with Gasteiger partial charge in [-0.2, -0.15) is 0 Å². The number of carbonyl (C=O) groups excluding carboxylic acids is 1. The van der Waals surface area contributed by atoms with Gasteiger partial charge in [-0.05, 0) is 19.9 Å². The lowest BCUT2D eigenvalue weighted by atomic mass is 9.99. The van der Waals surface area contributed by atoms with Gasteiger partial charge in [-0.3, -0.25) is 4.79 Å². The Morgan fingerprint density at radius 1 is 1.44 bits per heavy atom. The van der Waals surface area contributed by atoms with E-state index in [1.165, 1.54) is 0 Å². The number of anilines is 1. The molecule has 2 heterocycles. The molecule has 0 bridgehead atoms. The molecule has 0 aliphatic carbocycles. The fraction of sp³-hybridized carbons (Fsp3) is 0.545. The lowest BCUT2D eigenvalue weighted by Crippen LogP contribution is -2.55. The summed E-state index contributed by atoms with van der Waals surface area (Å²) < 4.78 is 0. The van der Waals surface area contributed by atoms with E-state index in [-0.39, 0.29) is 17.9 Å². The van der Waals surface area contributed by atoms with Crippen LogP contribution in [0.2, 0.25) is 0 Å². The topological polar surface area (TPSA) is 58.1 Å². The van der Waals surface area contributed by atoms with Gasteiger partial charge in [0.25, 0.3) is 0 Å². The lowest BCUT2D eigenvalue weighted by Gasteiger charge is -2.38. The van der Waals surface area contributed by atoms with E-state index >= 15 is 0 Å². The van der Waals surface area contributed by atoms with Crippen molar-refractivity contribution in [3.63, 3.8) is 0 Å². The van der Waals surface area contributed by atoms with Crippen molar-refractivity contribution in [2.45, 2.75) is 19.9 Å². The summed E-state index contributed by atoms with van der Waals surface area (Å²) in [4.78, 5) is 21.9. The predicted molar refractivity (Wildman–Crippen MR) is 61.0 cm³/mol. The minimum absolute atomic E-state index is 0.0752. The summed E-state index contributed by atoms with van der Waals surface area (Å²) in [7, 11) is 0. The van der Waals surface area contributed by atoms with Gasteiger partial charge in [0.15, 0.2) is 0 Å². The molecule has 2 rings (SSSR count). The molecule has 1 N–H and O–H groups in total. The zero-order chi connectivity index (χ0) is 11.5. The maximum atomic E-state index is 11.6. The summed E-state index contributed by atoms with van der Waals surface area (Å²) in [5, 5.41) is 2.91. The van der Waals surface area contributed by atoms with Crippen LogP contribution in [0.25, 0.3) is 0 Å². The molecule has 1 aromatic rings. The third-order valence-electron chi connectivity index (χ3n) is 2.52. The molecule has 5 heteroatoms. The maximum Gasteiger partial charge on any atom is 0.226 e. The van der Waals surface area contributed by atoms with Gasteiger partial charge in [0, 0.05) is 31.5 Å². The van der Waals surface area contributed by atoms with Crippen LogP contribution in [-0.2, 0) is 4.79 Å². The van der Waals surface area contributed by atoms with Gasteiger partial charge >= 0.3 is 0 Å². The van der Waals surface area contributed by atoms with Crippen LogP contribution in [0.4, 0.5) is 5.95 Å². The lowest BCUT2D eigenvalue weighted by molar-refractivity contribution is -0.126. The second-order valence-corrected chi connectivity index (χ2v) is 4.31. The maximum absolute atomic E-state index is 11.6. The summed E-state index contributed by atoms with van der Waals surface area (Å²) in [6.45, 7) is 5.36. The van der Waals surface area contributed by atoms with Gasteiger partial charge in [0.2, 0.25) is 11.9 Å². The number of amides is 1. The fourth-order valence-electron chi connectivity index (χ4n) is 1.66. The number of aromatic nitrogens is 2. The molecule has 0 radical (unpaired) electrons. The van der Waals surface area contributed by atoms with E-state index < -0.39 is 0 Å². The molecule has 0 saturated carbocycles. The van der Waals surface area contributed by atoms with Gasteiger partial charge in [-0.15, -0.1) is 0 Å². The van der Waals surface area contributed by atoms with Gasteiger partial charge in [-0.1, -0.05) is 0 Å². The van der Waals surface area contributed by atoms with E-state index in [1.807, 2.05) is 18.7 Å². The molecule has 1 aliphatic rings. The van der Waals surface area contributed by atoms with E-state index in [9.17, 15) is 4.79 Å². The summed E-state index contributed by atoms with van der Waals surface area (Å²) in [5.41, 5.74) is 0. The number of nitrogens with zero attached hydrogens (tertiary/aromatic N) is 3. The minimum atomic E-state index is 0.0752. The van der Waals surface area contributed by atoms with Crippen molar-refractivity contribution in [1.29, 1.82) is 0 Å². The first kappa shape index (κ1) is 10.9. The second kappa shape index (κ2) is 4.47. The SMILES string of the molecule is CC(C)NC(=O)C1CN(c2ncccn2)C1. The number of hydrogen-bond acceptors (Lipinski definition) is 4. The highest BCUT2D eigenvalue weighted by Gasteiger charge is 2.34. The van der Waals surface area contributed by atoms with Crippen molar-refractivity contribution in [1.82, 2.24) is 15.3 Å². The third kappa shape index (κ3) is 2.29. The Kier molecular flexibility index (Phi) is 3.03. The minimum Gasteiger partial charge on any atom is -0.354 e. The molecule has 1 amide bonds. The summed E-state index contributed by atoms with van der Waals surface area (Å²) in [5.74, 6) is 0.907. The smallest absolute Gasteiger partial charge is 0.226 e. The molecule has 1 fully saturated rings. The second-order valence-electron chi connectivity index (χ2n) is 4.31. The van der Waals surface area contributed by atoms with Crippen LogP contribution in [-0.4, -0.2) is 35.0 Å². The molecule has 0 unspecified atom stereocenters. The third-order valence-corrected chi connectivity index (χ3v) is 2.52. The largest absolute Gasteiger partial charge is 0.354 e. The zero-order valence-corrected chi connectivity index (χ0v) is 9.55. The average molecular weight is 220 g/mol. The van der Waals surface area contributed by atoms with Crippen LogP contribution >= 0.6 is 0 Å². The molecule has 16 heavy (non-hydrogen) atoms. The van der Waals surface area contributed by atoms with Gasteiger partial charge < -0.3 is 10.2 Å². The highest BCUT2D eigenvalue weighted by atomic mass is 16.2. The van der Waals surface area contributed by atoms with Crippen molar-refractivity contribution in [2.75, 3.05) is 18.0 Å². The fourth-order valence-corrected chi connectivity index (χ4v) is 1.66. The normalized spacial score (nSPS) is 16.1. The molecule has 0 spiro atoms. The highest BCUT2D eigenvalue weighted by molar-refractivity contribution is 5.81. The molecule has 86 valence electrons. The number of nitrogens with one attached hydrogen (secondary N) is 1. The molecule has 0 atom stereocenters. The van der Waals surface area contributed by atoms with Crippen LogP contribution in [0.5, 0.6) is 0 Å². The van der Waals surface area contributed by atoms with Gasteiger partial charge in [-0.25, -0.2) is 9.97 Å². The Labute approximate surface area is 94.9 Å². The zero-order valence-electron chi connectivity index (χ0n) is 9.55. The highest BCUT2D eigenvalue weighted by Crippen LogP contribution is 2.20. The van der Waals surface area contributed by atoms with Crippen LogP contribution in [0.3, 0.4) is 0 Å². The molecule has 0 aromatic carbocycles. The number of carbonyl (C=O) groups is 1. The van der Waals surface area contributed by atoms with Crippen molar-refractivity contribution in [3.05, 3.63) is 18.5 Å². The summed E-state index contributed by atoms with van der Waals surface area (Å²) in [6.07, 6.45) is 3.42. The molecular weight excluding hydrogens is 204 g/mol. The molecule has 1 aromatic heterocycles. The number of hydrogen-bond donors (Lipinski definition) is 1. The Bertz CT molecular complexity index is 360. The van der Waals surface area contributed by atoms with Crippen molar-refractivity contribution in [3.8, 4) is 0 Å². The van der Waals surface area contributed by atoms with E-state index in [0.29, 0.717) is 19.0 Å². The summed E-state index contributed by atoms with van der Waals surface area (Å²) >= 11 is 0. The predicted octanol–water partition coefficient (Wildman–Crippen LogP) is 0.437. The van der Waals surface area contributed by atoms with Crippen molar-refractivity contribution >= 4 is 11.9 Å². The molecule has 5 nitrogen and oxygen atoms in total. The Morgan fingerprint density at radius 3 is 2.62 bits per heavy atom. The monoisotopic (exact) mass is 220 g/mol. The Balaban J connectivity index is 1.84. The Hall–Kier alpha value is -1.65. The summed E-state index contributed by atoms with van der Waals surface area (Å²) in [6, 6.07) is 1.99. The first-order chi connectivity index (χ1) is 7.66. The van der Waals surface area contributed by atoms with Crippen LogP contribution in [0.15, 0.2) is 18.5 Å². The van der Waals surface area contributed by atoms with Crippen LogP contribution in [0, 0.1) is 5.92 Å². The first-order valence-electron chi connectivity index (χ1n) is 5.49. The number of rotatable bonds is 3. The van der Waals surface area contributed by atoms with E-state index in [2.05, 4.69) is 15.3 Å². The van der Waals surface area contributed by atoms with Crippen LogP contribution < -0.4 is 10.2 Å². The molecule has 1 aliphatic heterocycles. The van der Waals surface area contributed by atoms with Crippen molar-refractivity contribution < 1.29 is 4.79 Å². The Morgan fingerprint density at radius 2 is 2.06 bits per heavy atom. The van der Waals surface area contributed by atoms with E-state index in [0.717, 1.165) is 0 Å². The van der Waals surface area contributed by atoms with Crippen molar-refractivity contribution in [2.24, 2.45) is 5.92 Å². The first-order valence-corrected chi connectivity index (χ1v) is 5.49. The van der Waals surface area contributed by atoms with E-state index in [4.69, 9.17) is 0 Å². The molecular formula is C11H16N4O. The quantitative estimate of drug-likeness (QED) is 0.803. The average Bonchev–Trinajstić information content (AvgIpc) is 2.15. The van der Waals surface area contributed by atoms with Gasteiger partial charge in [0.05, 0.1) is 5.92 Å². The molecule has 1 saturated heterocycles. The van der Waals surface area contributed by atoms with Gasteiger partial charge in [0.1, 0.15) is 0 Å². The van der Waals surface area contributed by atoms with E-state index in [1.54, 1.807) is 18.5 Å².